The molecule has 0 atom stereocenters. The first-order valence-electron chi connectivity index (χ1n) is 3.08. The third kappa shape index (κ3) is 5.73. The molecule has 0 spiro atoms. The van der Waals surface area contributed by atoms with E-state index in [1.807, 2.05) is 0 Å². The molecule has 0 aromatic carbocycles. The maximum atomic E-state index is 2.53. The molecule has 0 aliphatic rings. The molecule has 56 valence electrons. The van der Waals surface area contributed by atoms with Gasteiger partial charge < -0.3 is 0 Å². The van der Waals surface area contributed by atoms with E-state index in [4.69, 9.17) is 0 Å². The number of alkyl halides is 1. The monoisotopic (exact) mass is 275 g/mol. The zero-order valence-corrected chi connectivity index (χ0v) is 10.7. The molecule has 3 heteroatoms. The van der Waals surface area contributed by atoms with Crippen LogP contribution in [0.25, 0.3) is 0 Å². The molecule has 0 saturated heterocycles. The van der Waals surface area contributed by atoms with Gasteiger partial charge in [0.2, 0.25) is 0 Å². The van der Waals surface area contributed by atoms with Gasteiger partial charge in [-0.2, -0.15) is 0 Å². The van der Waals surface area contributed by atoms with Crippen LogP contribution in [-0.4, -0.2) is 30.0 Å². The van der Waals surface area contributed by atoms with Gasteiger partial charge in [-0.25, -0.2) is 0 Å². The first-order chi connectivity index (χ1) is 3.98. The molecule has 0 nitrogen and oxygen atoms in total. The quantitative estimate of drug-likeness (QED) is 0.320. The molecule has 9 heavy (non-hydrogen) atoms. The predicted molar refractivity (Wildman–Crippen MR) is 60.4 cm³/mol. The number of halogens is 1. The Bertz CT molecular complexity index is 83.1. The van der Waals surface area contributed by atoms with Crippen LogP contribution in [0.3, 0.4) is 0 Å². The van der Waals surface area contributed by atoms with E-state index in [0.29, 0.717) is 10.9 Å². The number of hydrogen-bond acceptors (Lipinski definition) is 0. The molecule has 0 radical (unpaired) electrons. The summed E-state index contributed by atoms with van der Waals surface area (Å²) >= 11 is 2.53. The van der Waals surface area contributed by atoms with E-state index in [1.54, 1.807) is 0 Å². The lowest BCUT2D eigenvalue weighted by atomic mass is 11.7. The van der Waals surface area contributed by atoms with Gasteiger partial charge in [-0.1, -0.05) is 35.7 Å². The third-order valence-corrected chi connectivity index (χ3v) is 13.4. The first kappa shape index (κ1) is 10.3. The summed E-state index contributed by atoms with van der Waals surface area (Å²) in [6, 6.07) is 0. The van der Waals surface area contributed by atoms with Crippen molar-refractivity contribution >= 4 is 41.6 Å². The van der Waals surface area contributed by atoms with Crippen molar-refractivity contribution in [2.75, 3.05) is 21.9 Å². The van der Waals surface area contributed by atoms with Gasteiger partial charge in [0.1, 0.15) is 8.07 Å². The normalized spacial score (nSPS) is 12.7. The van der Waals surface area contributed by atoms with Crippen LogP contribution >= 0.6 is 22.6 Å². The van der Waals surface area contributed by atoms with Gasteiger partial charge in [-0.3, -0.25) is 0 Å². The van der Waals surface area contributed by atoms with Crippen LogP contribution < -0.4 is 0 Å². The molecule has 0 saturated carbocycles. The summed E-state index contributed by atoms with van der Waals surface area (Å²) in [5, 5.41) is 1.51. The Hall–Kier alpha value is 1.30. The van der Waals surface area contributed by atoms with Gasteiger partial charge in [0.05, 0.1) is 17.9 Å². The van der Waals surface area contributed by atoms with Crippen molar-refractivity contribution in [1.29, 1.82) is 0 Å². The summed E-state index contributed by atoms with van der Waals surface area (Å²) in [5.41, 5.74) is 0. The second kappa shape index (κ2) is 4.23. The zero-order chi connectivity index (χ0) is 7.49. The first-order valence-corrected chi connectivity index (χ1v) is 10.2. The largest absolute Gasteiger partial charge is 0.117 e. The van der Waals surface area contributed by atoms with Crippen LogP contribution in [0.1, 0.15) is 0 Å². The van der Waals surface area contributed by atoms with Crippen molar-refractivity contribution in [3.63, 3.8) is 0 Å². The molecule has 0 fully saturated rings. The highest BCUT2D eigenvalue weighted by Crippen LogP contribution is 2.08. The average Bonchev–Trinajstić information content (AvgIpc) is 1.63. The van der Waals surface area contributed by atoms with Crippen molar-refractivity contribution in [1.82, 2.24) is 0 Å². The minimum Gasteiger partial charge on any atom is -0.0895 e. The molecule has 0 heterocycles. The van der Waals surface area contributed by atoms with E-state index in [-0.39, 0.29) is 0 Å². The highest BCUT2D eigenvalue weighted by molar-refractivity contribution is 14.1. The Morgan fingerprint density at radius 2 is 1.78 bits per heavy atom. The van der Waals surface area contributed by atoms with Crippen LogP contribution in [0.5, 0.6) is 0 Å². The van der Waals surface area contributed by atoms with Gasteiger partial charge in [0, 0.05) is 0 Å². The van der Waals surface area contributed by atoms with Gasteiger partial charge >= 0.3 is 0 Å². The molecule has 0 aliphatic heterocycles. The molecule has 0 aromatic heterocycles. The van der Waals surface area contributed by atoms with Crippen LogP contribution in [0.2, 0.25) is 13.1 Å². The Kier molecular flexibility index (Phi) is 4.84. The maximum absolute atomic E-state index is 2.53. The second-order valence-corrected chi connectivity index (χ2v) is 13.4. The van der Waals surface area contributed by atoms with Crippen LogP contribution in [0.15, 0.2) is 0 Å². The summed E-state index contributed by atoms with van der Waals surface area (Å²) in [4.78, 5) is 0. The van der Waals surface area contributed by atoms with Gasteiger partial charge in [0.15, 0.2) is 0 Å². The van der Waals surface area contributed by atoms with E-state index >= 15 is 0 Å². The Balaban J connectivity index is 3.58. The fraction of sp³-hybridized carbons (Fsp3) is 1.00. The number of rotatable bonds is 3. The molecule has 0 aliphatic carbocycles. The standard InChI is InChI=1S/C6H16ISSi/c1-8(2)6-9(3,4)5-7/h5-6H2,1-4H3/q+1. The highest BCUT2D eigenvalue weighted by Gasteiger charge is 2.25. The molecule has 0 rings (SSSR count). The number of hydrogen-bond donors (Lipinski definition) is 0. The average molecular weight is 275 g/mol. The van der Waals surface area contributed by atoms with Crippen molar-refractivity contribution < 1.29 is 0 Å². The van der Waals surface area contributed by atoms with E-state index < -0.39 is 8.07 Å². The van der Waals surface area contributed by atoms with E-state index in [1.165, 1.54) is 9.43 Å². The SMILES string of the molecule is C[S+](C)C[Si](C)(C)CI. The minimum absolute atomic E-state index is 0.672. The third-order valence-electron chi connectivity index (χ3n) is 1.04. The lowest BCUT2D eigenvalue weighted by Crippen LogP contribution is -2.37. The molecule has 0 amide bonds. The maximum Gasteiger partial charge on any atom is 0.117 e. The molecule has 0 N–H and O–H groups in total. The van der Waals surface area contributed by atoms with Gasteiger partial charge in [-0.05, 0) is 14.9 Å². The van der Waals surface area contributed by atoms with Crippen molar-refractivity contribution in [2.45, 2.75) is 13.1 Å². The molecule has 0 aromatic rings. The summed E-state index contributed by atoms with van der Waals surface area (Å²) in [6.07, 6.45) is 4.70. The summed E-state index contributed by atoms with van der Waals surface area (Å²) < 4.78 is 1.41. The Labute approximate surface area is 76.3 Å². The lowest BCUT2D eigenvalue weighted by molar-refractivity contribution is 1.66. The highest BCUT2D eigenvalue weighted by atomic mass is 127. The summed E-state index contributed by atoms with van der Waals surface area (Å²) in [5.74, 6) is 0. The molecule has 0 bridgehead atoms. The Morgan fingerprint density at radius 3 is 1.89 bits per heavy atom. The lowest BCUT2D eigenvalue weighted by Gasteiger charge is -2.14. The van der Waals surface area contributed by atoms with E-state index in [9.17, 15) is 0 Å². The van der Waals surface area contributed by atoms with Crippen LogP contribution in [0.4, 0.5) is 0 Å². The molecular weight excluding hydrogens is 259 g/mol. The zero-order valence-electron chi connectivity index (χ0n) is 6.70. The van der Waals surface area contributed by atoms with Gasteiger partial charge in [0.25, 0.3) is 0 Å². The fourth-order valence-corrected chi connectivity index (χ4v) is 9.36. The second-order valence-electron chi connectivity index (χ2n) is 3.43. The Morgan fingerprint density at radius 1 is 1.33 bits per heavy atom. The minimum atomic E-state index is -0.741. The van der Waals surface area contributed by atoms with Crippen molar-refractivity contribution in [3.05, 3.63) is 0 Å². The molecular formula is C6H16ISSi+. The predicted octanol–water partition coefficient (Wildman–Crippen LogP) is 2.09. The van der Waals surface area contributed by atoms with E-state index in [2.05, 4.69) is 48.2 Å². The van der Waals surface area contributed by atoms with E-state index in [0.717, 1.165) is 0 Å². The van der Waals surface area contributed by atoms with Crippen LogP contribution in [0, 0.1) is 0 Å². The smallest absolute Gasteiger partial charge is 0.0895 e. The van der Waals surface area contributed by atoms with Gasteiger partial charge in [-0.15, -0.1) is 0 Å². The van der Waals surface area contributed by atoms with Crippen molar-refractivity contribution in [3.8, 4) is 0 Å². The van der Waals surface area contributed by atoms with Crippen LogP contribution in [-0.2, 0) is 10.9 Å². The molecule has 0 unspecified atom stereocenters. The van der Waals surface area contributed by atoms with Crippen molar-refractivity contribution in [2.24, 2.45) is 0 Å². The fourth-order valence-electron chi connectivity index (χ4n) is 0.820. The topological polar surface area (TPSA) is 0 Å². The summed E-state index contributed by atoms with van der Waals surface area (Å²) in [6.45, 7) is 4.96. The summed E-state index contributed by atoms with van der Waals surface area (Å²) in [7, 11) is -0.0693.